The van der Waals surface area contributed by atoms with Crippen molar-refractivity contribution in [2.24, 2.45) is 0 Å². The first-order chi connectivity index (χ1) is 15.2. The van der Waals surface area contributed by atoms with E-state index >= 15 is 0 Å². The molecule has 0 aliphatic carbocycles. The molecular formula is C19H26ClN7O4S. The Morgan fingerprint density at radius 1 is 1.28 bits per heavy atom. The number of nitrogens with one attached hydrogen (secondary N) is 2. The Balaban J connectivity index is 1.50. The van der Waals surface area contributed by atoms with Crippen LogP contribution in [0.3, 0.4) is 0 Å². The van der Waals surface area contributed by atoms with Gasteiger partial charge in [-0.3, -0.25) is 0 Å². The number of sulfonamides is 1. The van der Waals surface area contributed by atoms with Crippen molar-refractivity contribution < 1.29 is 17.9 Å². The molecule has 2 saturated heterocycles. The zero-order valence-corrected chi connectivity index (χ0v) is 19.4. The molecule has 2 aromatic rings. The molecule has 0 spiro atoms. The van der Waals surface area contributed by atoms with Crippen molar-refractivity contribution in [3.8, 4) is 11.6 Å². The number of hydrogen-bond donors (Lipinski definition) is 3. The van der Waals surface area contributed by atoms with Crippen LogP contribution in [0.2, 0.25) is 5.02 Å². The molecule has 11 nitrogen and oxygen atoms in total. The van der Waals surface area contributed by atoms with E-state index in [1.165, 1.54) is 10.5 Å². The predicted molar refractivity (Wildman–Crippen MR) is 124 cm³/mol. The van der Waals surface area contributed by atoms with E-state index in [0.717, 1.165) is 38.1 Å². The van der Waals surface area contributed by atoms with Gasteiger partial charge in [0.25, 0.3) is 0 Å². The van der Waals surface area contributed by atoms with E-state index in [2.05, 4.69) is 25.5 Å². The molecule has 1 aromatic heterocycles. The molecule has 4 N–H and O–H groups in total. The average molecular weight is 484 g/mol. The maximum atomic E-state index is 11.5. The average Bonchev–Trinajstić information content (AvgIpc) is 2.72. The molecule has 2 aliphatic heterocycles. The lowest BCUT2D eigenvalue weighted by molar-refractivity contribution is 0.0727. The molecule has 0 amide bonds. The van der Waals surface area contributed by atoms with E-state index in [1.807, 2.05) is 6.07 Å². The summed E-state index contributed by atoms with van der Waals surface area (Å²) in [6.45, 7) is 4.01. The number of nitrogen functional groups attached to an aromatic ring is 1. The minimum atomic E-state index is -3.23. The van der Waals surface area contributed by atoms with Crippen LogP contribution in [0.4, 0.5) is 23.0 Å². The number of nitrogens with zero attached hydrogens (tertiary/aromatic N) is 4. The first kappa shape index (κ1) is 22.6. The molecule has 4 rings (SSSR count). The number of nitrogens with two attached hydrogens (primary N) is 1. The Hall–Kier alpha value is -2.54. The topological polar surface area (TPSA) is 135 Å². The zero-order valence-electron chi connectivity index (χ0n) is 17.8. The summed E-state index contributed by atoms with van der Waals surface area (Å²) in [4.78, 5) is 10.7. The largest absolute Gasteiger partial charge is 0.494 e. The van der Waals surface area contributed by atoms with Crippen molar-refractivity contribution in [1.29, 1.82) is 0 Å². The van der Waals surface area contributed by atoms with Crippen LogP contribution in [0.5, 0.6) is 11.6 Å². The number of rotatable bonds is 7. The second kappa shape index (κ2) is 9.14. The van der Waals surface area contributed by atoms with Crippen LogP contribution < -0.4 is 30.7 Å². The van der Waals surface area contributed by atoms with E-state index in [1.54, 1.807) is 13.2 Å². The number of piperazine rings is 1. The zero-order chi connectivity index (χ0) is 22.9. The van der Waals surface area contributed by atoms with Gasteiger partial charge in [-0.1, -0.05) is 11.6 Å². The van der Waals surface area contributed by atoms with Crippen molar-refractivity contribution >= 4 is 44.6 Å². The van der Waals surface area contributed by atoms with Crippen LogP contribution in [-0.2, 0) is 10.0 Å². The van der Waals surface area contributed by atoms with Gasteiger partial charge in [0.05, 0.1) is 49.7 Å². The fourth-order valence-electron chi connectivity index (χ4n) is 3.55. The third-order valence-electron chi connectivity index (χ3n) is 5.33. The van der Waals surface area contributed by atoms with E-state index in [0.29, 0.717) is 17.1 Å². The Kier molecular flexibility index (Phi) is 6.47. The Bertz CT molecular complexity index is 1090. The standard InChI is InChI=1S/C19H26ClN7O4S/c1-30-17-8-16(26-5-3-22-4-6-26)14(21)7-15(17)24-19-23-9-13(20)18(25-19)31-12-10-27(11-12)32(2,28)29/h7-9,12,22H,3-6,10-11,21H2,1-2H3,(H,23,24,25). The number of hydrogen-bond acceptors (Lipinski definition) is 10. The van der Waals surface area contributed by atoms with E-state index in [-0.39, 0.29) is 36.0 Å². The summed E-state index contributed by atoms with van der Waals surface area (Å²) in [5, 5.41) is 6.65. The summed E-state index contributed by atoms with van der Waals surface area (Å²) in [7, 11) is -1.65. The summed E-state index contributed by atoms with van der Waals surface area (Å²) in [5.74, 6) is 1.01. The molecule has 0 unspecified atom stereocenters. The second-order valence-electron chi connectivity index (χ2n) is 7.64. The van der Waals surface area contributed by atoms with Gasteiger partial charge in [-0.2, -0.15) is 9.29 Å². The number of aromatic nitrogens is 2. The van der Waals surface area contributed by atoms with Gasteiger partial charge in [-0.05, 0) is 6.07 Å². The first-order valence-electron chi connectivity index (χ1n) is 10.1. The summed E-state index contributed by atoms with van der Waals surface area (Å²) in [5.41, 5.74) is 8.45. The summed E-state index contributed by atoms with van der Waals surface area (Å²) in [6, 6.07) is 3.68. The van der Waals surface area contributed by atoms with Gasteiger partial charge in [0.2, 0.25) is 21.9 Å². The molecule has 1 aromatic carbocycles. The van der Waals surface area contributed by atoms with Gasteiger partial charge in [-0.25, -0.2) is 13.4 Å². The molecule has 2 fully saturated rings. The molecular weight excluding hydrogens is 458 g/mol. The fourth-order valence-corrected chi connectivity index (χ4v) is 4.56. The van der Waals surface area contributed by atoms with E-state index in [4.69, 9.17) is 26.8 Å². The number of ether oxygens (including phenoxy) is 2. The summed E-state index contributed by atoms with van der Waals surface area (Å²) < 4.78 is 35.7. The molecule has 0 atom stereocenters. The van der Waals surface area contributed by atoms with Gasteiger partial charge in [0.15, 0.2) is 0 Å². The maximum absolute atomic E-state index is 11.5. The minimum absolute atomic E-state index is 0.173. The van der Waals surface area contributed by atoms with Gasteiger partial charge in [0, 0.05) is 32.2 Å². The highest BCUT2D eigenvalue weighted by Gasteiger charge is 2.35. The number of benzene rings is 1. The smallest absolute Gasteiger partial charge is 0.237 e. The lowest BCUT2D eigenvalue weighted by atomic mass is 10.2. The molecule has 13 heteroatoms. The third kappa shape index (κ3) is 4.93. The lowest BCUT2D eigenvalue weighted by Crippen LogP contribution is -2.55. The van der Waals surface area contributed by atoms with Gasteiger partial charge in [0.1, 0.15) is 16.9 Å². The fraction of sp³-hybridized carbons (Fsp3) is 0.474. The summed E-state index contributed by atoms with van der Waals surface area (Å²) in [6.07, 6.45) is 2.26. The van der Waals surface area contributed by atoms with Crippen LogP contribution >= 0.6 is 11.6 Å². The van der Waals surface area contributed by atoms with Crippen LogP contribution in [0.15, 0.2) is 18.3 Å². The minimum Gasteiger partial charge on any atom is -0.494 e. The van der Waals surface area contributed by atoms with Gasteiger partial charge in [-0.15, -0.1) is 0 Å². The van der Waals surface area contributed by atoms with Crippen LogP contribution in [-0.4, -0.2) is 81.4 Å². The highest BCUT2D eigenvalue weighted by molar-refractivity contribution is 7.88. The van der Waals surface area contributed by atoms with Crippen molar-refractivity contribution in [2.45, 2.75) is 6.10 Å². The molecule has 3 heterocycles. The molecule has 32 heavy (non-hydrogen) atoms. The highest BCUT2D eigenvalue weighted by atomic mass is 35.5. The Morgan fingerprint density at radius 3 is 2.66 bits per heavy atom. The van der Waals surface area contributed by atoms with Crippen LogP contribution in [0, 0.1) is 0 Å². The van der Waals surface area contributed by atoms with Gasteiger partial charge >= 0.3 is 0 Å². The second-order valence-corrected chi connectivity index (χ2v) is 10.0. The number of halogens is 1. The third-order valence-corrected chi connectivity index (χ3v) is 6.82. The Labute approximate surface area is 191 Å². The lowest BCUT2D eigenvalue weighted by Gasteiger charge is -2.36. The van der Waals surface area contributed by atoms with E-state index < -0.39 is 10.0 Å². The highest BCUT2D eigenvalue weighted by Crippen LogP contribution is 2.37. The quantitative estimate of drug-likeness (QED) is 0.487. The SMILES string of the molecule is COc1cc(N2CCNCC2)c(N)cc1Nc1ncc(Cl)c(OC2CN(S(C)(=O)=O)C2)n1. The van der Waals surface area contributed by atoms with Crippen LogP contribution in [0.1, 0.15) is 0 Å². The molecule has 0 radical (unpaired) electrons. The predicted octanol–water partition coefficient (Wildman–Crippen LogP) is 0.897. The number of anilines is 4. The van der Waals surface area contributed by atoms with Crippen molar-refractivity contribution in [3.05, 3.63) is 23.4 Å². The molecule has 0 saturated carbocycles. The first-order valence-corrected chi connectivity index (χ1v) is 12.3. The van der Waals surface area contributed by atoms with E-state index in [9.17, 15) is 8.42 Å². The Morgan fingerprint density at radius 2 is 2.00 bits per heavy atom. The van der Waals surface area contributed by atoms with Gasteiger partial charge < -0.3 is 30.7 Å². The normalized spacial score (nSPS) is 17.7. The van der Waals surface area contributed by atoms with Crippen molar-refractivity contribution in [3.63, 3.8) is 0 Å². The number of methoxy groups -OCH3 is 1. The molecule has 174 valence electrons. The molecule has 0 bridgehead atoms. The van der Waals surface area contributed by atoms with Crippen LogP contribution in [0.25, 0.3) is 0 Å². The maximum Gasteiger partial charge on any atom is 0.237 e. The monoisotopic (exact) mass is 483 g/mol. The molecule has 2 aliphatic rings. The summed E-state index contributed by atoms with van der Waals surface area (Å²) >= 11 is 6.18. The van der Waals surface area contributed by atoms with Crippen molar-refractivity contribution in [2.75, 3.05) is 68.6 Å². The van der Waals surface area contributed by atoms with Crippen molar-refractivity contribution in [1.82, 2.24) is 19.6 Å².